The Balaban J connectivity index is 4.80. The lowest BCUT2D eigenvalue weighted by molar-refractivity contribution is 0.742. The van der Waals surface area contributed by atoms with Crippen LogP contribution in [0.1, 0.15) is 47.0 Å². The van der Waals surface area contributed by atoms with Crippen LogP contribution in [0.15, 0.2) is 33.9 Å². The van der Waals surface area contributed by atoms with Crippen molar-refractivity contribution in [3.8, 4) is 0 Å². The Labute approximate surface area is 106 Å². The van der Waals surface area contributed by atoms with Gasteiger partial charge in [0.15, 0.2) is 0 Å². The minimum atomic E-state index is 0.0849. The second-order valence-corrected chi connectivity index (χ2v) is 4.44. The van der Waals surface area contributed by atoms with Crippen molar-refractivity contribution < 1.29 is 0 Å². The summed E-state index contributed by atoms with van der Waals surface area (Å²) in [4.78, 5) is 8.72. The van der Waals surface area contributed by atoms with E-state index in [4.69, 9.17) is 0 Å². The maximum atomic E-state index is 4.55. The molecule has 0 bridgehead atoms. The first kappa shape index (κ1) is 15.8. The van der Waals surface area contributed by atoms with Crippen LogP contribution in [0.4, 0.5) is 0 Å². The van der Waals surface area contributed by atoms with Crippen LogP contribution < -0.4 is 0 Å². The Kier molecular flexibility index (Phi) is 9.31. The van der Waals surface area contributed by atoms with Gasteiger partial charge < -0.3 is 0 Å². The van der Waals surface area contributed by atoms with E-state index in [-0.39, 0.29) is 6.04 Å². The number of allylic oxidation sites excluding steroid dienone is 2. The molecule has 96 valence electrons. The summed E-state index contributed by atoms with van der Waals surface area (Å²) in [6, 6.07) is 0.0849. The molecule has 0 saturated carbocycles. The Morgan fingerprint density at radius 1 is 1.35 bits per heavy atom. The molecule has 0 aromatic heterocycles. The van der Waals surface area contributed by atoms with Gasteiger partial charge in [-0.3, -0.25) is 9.98 Å². The molecule has 0 aromatic rings. The van der Waals surface area contributed by atoms with Crippen LogP contribution in [-0.4, -0.2) is 19.0 Å². The Morgan fingerprint density at radius 2 is 2.06 bits per heavy atom. The fraction of sp³-hybridized carbons (Fsp3) is 0.600. The first-order valence-corrected chi connectivity index (χ1v) is 6.46. The van der Waals surface area contributed by atoms with Gasteiger partial charge >= 0.3 is 0 Å². The standard InChI is InChI=1S/C15H26N2/c1-6-8-10-14(16-5)15(12-13(3)4)17-11-9-7-2/h6,8,11-14H,5,7,9-10H2,1-4H3/b8-6-,15-12-,17-11-. The van der Waals surface area contributed by atoms with E-state index in [1.807, 2.05) is 19.2 Å². The predicted molar refractivity (Wildman–Crippen MR) is 79.1 cm³/mol. The molecular weight excluding hydrogens is 208 g/mol. The summed E-state index contributed by atoms with van der Waals surface area (Å²) in [6.07, 6.45) is 11.3. The van der Waals surface area contributed by atoms with Gasteiger partial charge in [-0.15, -0.1) is 0 Å². The van der Waals surface area contributed by atoms with Crippen LogP contribution in [0, 0.1) is 5.92 Å². The molecule has 0 spiro atoms. The lowest BCUT2D eigenvalue weighted by Crippen LogP contribution is -2.07. The van der Waals surface area contributed by atoms with Crippen molar-refractivity contribution in [3.63, 3.8) is 0 Å². The number of unbranched alkanes of at least 4 members (excludes halogenated alkanes) is 1. The highest BCUT2D eigenvalue weighted by Crippen LogP contribution is 2.15. The molecule has 0 amide bonds. The number of hydrogen-bond donors (Lipinski definition) is 0. The molecule has 0 N–H and O–H groups in total. The average molecular weight is 234 g/mol. The maximum absolute atomic E-state index is 4.55. The monoisotopic (exact) mass is 234 g/mol. The number of hydrogen-bond acceptors (Lipinski definition) is 2. The van der Waals surface area contributed by atoms with E-state index in [9.17, 15) is 0 Å². The molecule has 2 nitrogen and oxygen atoms in total. The van der Waals surface area contributed by atoms with E-state index < -0.39 is 0 Å². The van der Waals surface area contributed by atoms with Crippen LogP contribution in [0.5, 0.6) is 0 Å². The summed E-state index contributed by atoms with van der Waals surface area (Å²) in [5.41, 5.74) is 1.04. The molecule has 0 aliphatic heterocycles. The molecule has 1 atom stereocenters. The first-order chi connectivity index (χ1) is 8.15. The molecule has 2 heteroatoms. The molecule has 0 fully saturated rings. The van der Waals surface area contributed by atoms with Crippen molar-refractivity contribution in [2.24, 2.45) is 15.9 Å². The van der Waals surface area contributed by atoms with E-state index in [1.54, 1.807) is 0 Å². The van der Waals surface area contributed by atoms with Crippen LogP contribution in [0.2, 0.25) is 0 Å². The number of rotatable bonds is 8. The van der Waals surface area contributed by atoms with Gasteiger partial charge in [0.1, 0.15) is 0 Å². The second kappa shape index (κ2) is 10.0. The Hall–Kier alpha value is -1.18. The summed E-state index contributed by atoms with van der Waals surface area (Å²) in [7, 11) is 0. The fourth-order valence-corrected chi connectivity index (χ4v) is 1.43. The zero-order valence-electron chi connectivity index (χ0n) is 11.7. The number of nitrogens with zero attached hydrogens (tertiary/aromatic N) is 2. The van der Waals surface area contributed by atoms with Gasteiger partial charge in [-0.25, -0.2) is 0 Å². The van der Waals surface area contributed by atoms with Gasteiger partial charge in [0.25, 0.3) is 0 Å². The molecule has 0 saturated heterocycles. The highest BCUT2D eigenvalue weighted by Gasteiger charge is 2.09. The van der Waals surface area contributed by atoms with Gasteiger partial charge in [-0.05, 0) is 32.4 Å². The molecule has 0 radical (unpaired) electrons. The van der Waals surface area contributed by atoms with E-state index in [0.717, 1.165) is 25.0 Å². The van der Waals surface area contributed by atoms with E-state index in [0.29, 0.717) is 5.92 Å². The topological polar surface area (TPSA) is 24.7 Å². The predicted octanol–water partition coefficient (Wildman–Crippen LogP) is 4.43. The average Bonchev–Trinajstić information content (AvgIpc) is 2.29. The van der Waals surface area contributed by atoms with Crippen LogP contribution in [0.25, 0.3) is 0 Å². The molecule has 0 rings (SSSR count). The van der Waals surface area contributed by atoms with E-state index in [1.165, 1.54) is 0 Å². The van der Waals surface area contributed by atoms with Crippen LogP contribution in [-0.2, 0) is 0 Å². The number of aliphatic imine (C=N–C) groups is 2. The van der Waals surface area contributed by atoms with Crippen molar-refractivity contribution >= 4 is 12.9 Å². The van der Waals surface area contributed by atoms with Crippen molar-refractivity contribution in [3.05, 3.63) is 23.9 Å². The largest absolute Gasteiger partial charge is 0.291 e. The van der Waals surface area contributed by atoms with Crippen molar-refractivity contribution in [2.45, 2.75) is 53.0 Å². The normalized spacial score (nSPS) is 15.0. The quantitative estimate of drug-likeness (QED) is 0.438. The smallest absolute Gasteiger partial charge is 0.0943 e. The molecule has 0 aromatic carbocycles. The third-order valence-electron chi connectivity index (χ3n) is 2.32. The van der Waals surface area contributed by atoms with Gasteiger partial charge in [0.05, 0.1) is 11.7 Å². The summed E-state index contributed by atoms with van der Waals surface area (Å²) in [6.45, 7) is 12.2. The van der Waals surface area contributed by atoms with E-state index in [2.05, 4.69) is 49.6 Å². The Bertz CT molecular complexity index is 285. The summed E-state index contributed by atoms with van der Waals surface area (Å²) < 4.78 is 0. The van der Waals surface area contributed by atoms with Crippen molar-refractivity contribution in [1.29, 1.82) is 0 Å². The first-order valence-electron chi connectivity index (χ1n) is 6.46. The second-order valence-electron chi connectivity index (χ2n) is 4.44. The summed E-state index contributed by atoms with van der Waals surface area (Å²) >= 11 is 0. The lowest BCUT2D eigenvalue weighted by Gasteiger charge is -2.11. The Morgan fingerprint density at radius 3 is 2.53 bits per heavy atom. The SMILES string of the molecule is C=NC(C/C=C\C)C(=C/C(C)C)/N=C\CCC. The lowest BCUT2D eigenvalue weighted by atomic mass is 10.1. The molecule has 1 unspecified atom stereocenters. The van der Waals surface area contributed by atoms with Gasteiger partial charge in [-0.1, -0.05) is 45.4 Å². The molecule has 17 heavy (non-hydrogen) atoms. The van der Waals surface area contributed by atoms with Gasteiger partial charge in [-0.2, -0.15) is 0 Å². The van der Waals surface area contributed by atoms with Crippen molar-refractivity contribution in [1.82, 2.24) is 0 Å². The summed E-state index contributed by atoms with van der Waals surface area (Å²) in [5.74, 6) is 0.485. The van der Waals surface area contributed by atoms with Gasteiger partial charge in [0, 0.05) is 6.21 Å². The van der Waals surface area contributed by atoms with Crippen LogP contribution >= 0.6 is 0 Å². The maximum Gasteiger partial charge on any atom is 0.0943 e. The zero-order valence-corrected chi connectivity index (χ0v) is 11.7. The minimum Gasteiger partial charge on any atom is -0.291 e. The highest BCUT2D eigenvalue weighted by molar-refractivity contribution is 5.59. The van der Waals surface area contributed by atoms with Crippen molar-refractivity contribution in [2.75, 3.05) is 0 Å². The third-order valence-corrected chi connectivity index (χ3v) is 2.32. The van der Waals surface area contributed by atoms with Crippen LogP contribution in [0.3, 0.4) is 0 Å². The molecular formula is C15H26N2. The molecule has 0 heterocycles. The fourth-order valence-electron chi connectivity index (χ4n) is 1.43. The molecule has 0 aliphatic rings. The molecule has 0 aliphatic carbocycles. The minimum absolute atomic E-state index is 0.0849. The van der Waals surface area contributed by atoms with Gasteiger partial charge in [0.2, 0.25) is 0 Å². The summed E-state index contributed by atoms with van der Waals surface area (Å²) in [5, 5.41) is 0. The third kappa shape index (κ3) is 7.67. The van der Waals surface area contributed by atoms with E-state index >= 15 is 0 Å². The zero-order chi connectivity index (χ0) is 13.1. The highest BCUT2D eigenvalue weighted by atomic mass is 14.9.